The van der Waals surface area contributed by atoms with Crippen LogP contribution in [0.5, 0.6) is 5.75 Å². The van der Waals surface area contributed by atoms with Gasteiger partial charge in [0.25, 0.3) is 6.43 Å². The van der Waals surface area contributed by atoms with Crippen molar-refractivity contribution < 1.29 is 36.6 Å². The molecule has 0 aliphatic rings. The van der Waals surface area contributed by atoms with Crippen molar-refractivity contribution in [1.29, 1.82) is 0 Å². The first-order valence-electron chi connectivity index (χ1n) is 4.52. The second-order valence-electron chi connectivity index (χ2n) is 3.16. The van der Waals surface area contributed by atoms with Gasteiger partial charge in [0.1, 0.15) is 0 Å². The van der Waals surface area contributed by atoms with Crippen LogP contribution in [0.25, 0.3) is 0 Å². The number of rotatable bonds is 4. The number of aromatic nitrogens is 1. The maximum atomic E-state index is 12.6. The van der Waals surface area contributed by atoms with Gasteiger partial charge in [0.15, 0.2) is 11.4 Å². The minimum Gasteiger partial charge on any atom is -0.476 e. The molecule has 0 unspecified atom stereocenters. The molecule has 1 heterocycles. The maximum absolute atomic E-state index is 12.6. The summed E-state index contributed by atoms with van der Waals surface area (Å²) in [6.07, 6.45) is -8.45. The minimum atomic E-state index is -5.13. The van der Waals surface area contributed by atoms with E-state index in [0.29, 0.717) is 0 Å². The fourth-order valence-corrected chi connectivity index (χ4v) is 1.39. The Morgan fingerprint density at radius 2 is 2.05 bits per heavy atom. The molecule has 1 aromatic heterocycles. The highest BCUT2D eigenvalue weighted by atomic mass is 35.5. The number of halogens is 6. The van der Waals surface area contributed by atoms with E-state index in [1.165, 1.54) is 0 Å². The molecule has 0 amide bonds. The van der Waals surface area contributed by atoms with E-state index < -0.39 is 47.3 Å². The van der Waals surface area contributed by atoms with Crippen LogP contribution in [0.1, 0.15) is 28.2 Å². The summed E-state index contributed by atoms with van der Waals surface area (Å²) in [4.78, 5) is 13.8. The molecule has 1 rings (SSSR count). The molecule has 1 aromatic rings. The van der Waals surface area contributed by atoms with Crippen molar-refractivity contribution in [2.24, 2.45) is 0 Å². The minimum absolute atomic E-state index is 0.270. The molecule has 0 saturated heterocycles. The normalized spacial score (nSPS) is 11.7. The molecule has 0 aliphatic carbocycles. The Morgan fingerprint density at radius 3 is 2.42 bits per heavy atom. The lowest BCUT2D eigenvalue weighted by atomic mass is 10.1. The Morgan fingerprint density at radius 1 is 1.47 bits per heavy atom. The maximum Gasteiger partial charge on any atom is 0.573 e. The second kappa shape index (κ2) is 5.55. The zero-order valence-electron chi connectivity index (χ0n) is 8.84. The molecule has 0 aromatic carbocycles. The van der Waals surface area contributed by atoms with Gasteiger partial charge in [0.05, 0.1) is 17.1 Å². The lowest BCUT2D eigenvalue weighted by molar-refractivity contribution is -0.275. The van der Waals surface area contributed by atoms with Crippen LogP contribution in [0.3, 0.4) is 0 Å². The molecule has 0 spiro atoms. The summed E-state index contributed by atoms with van der Waals surface area (Å²) in [6.45, 7) is 0. The van der Waals surface area contributed by atoms with Crippen LogP contribution in [0.4, 0.5) is 22.0 Å². The van der Waals surface area contributed by atoms with E-state index in [2.05, 4.69) is 9.72 Å². The van der Waals surface area contributed by atoms with Crippen LogP contribution in [0.15, 0.2) is 6.07 Å². The zero-order chi connectivity index (χ0) is 14.8. The predicted octanol–water partition coefficient (Wildman–Crippen LogP) is 3.35. The summed E-state index contributed by atoms with van der Waals surface area (Å²) in [5.74, 6) is -3.49. The third-order valence-electron chi connectivity index (χ3n) is 1.88. The SMILES string of the molecule is O=C(O)c1nc(CCl)c(OC(F)(F)F)cc1C(F)F. The number of alkyl halides is 6. The highest BCUT2D eigenvalue weighted by Gasteiger charge is 2.34. The lowest BCUT2D eigenvalue weighted by Crippen LogP contribution is -2.19. The van der Waals surface area contributed by atoms with Gasteiger partial charge in [-0.05, 0) is 6.07 Å². The largest absolute Gasteiger partial charge is 0.573 e. The molecule has 106 valence electrons. The van der Waals surface area contributed by atoms with Crippen LogP contribution >= 0.6 is 11.6 Å². The third-order valence-corrected chi connectivity index (χ3v) is 2.13. The van der Waals surface area contributed by atoms with Gasteiger partial charge in [0, 0.05) is 0 Å². The Bertz CT molecular complexity index is 491. The van der Waals surface area contributed by atoms with Crippen LogP contribution in [-0.4, -0.2) is 22.4 Å². The van der Waals surface area contributed by atoms with Crippen LogP contribution in [0.2, 0.25) is 0 Å². The van der Waals surface area contributed by atoms with Crippen molar-refractivity contribution in [2.75, 3.05) is 0 Å². The smallest absolute Gasteiger partial charge is 0.476 e. The quantitative estimate of drug-likeness (QED) is 0.684. The van der Waals surface area contributed by atoms with Crippen LogP contribution in [-0.2, 0) is 5.88 Å². The number of hydrogen-bond acceptors (Lipinski definition) is 3. The number of hydrogen-bond donors (Lipinski definition) is 1. The van der Waals surface area contributed by atoms with Crippen molar-refractivity contribution in [3.63, 3.8) is 0 Å². The van der Waals surface area contributed by atoms with E-state index in [4.69, 9.17) is 16.7 Å². The standard InChI is InChI=1S/C9H5ClF5NO3/c10-2-4-5(19-9(13,14)15)1-3(7(11)12)6(16-4)8(17)18/h1,7H,2H2,(H,17,18). The number of aromatic carboxylic acids is 1. The van der Waals surface area contributed by atoms with E-state index in [0.717, 1.165) is 0 Å². The van der Waals surface area contributed by atoms with Gasteiger partial charge in [-0.1, -0.05) is 0 Å². The molecule has 0 fully saturated rings. The average Bonchev–Trinajstić information content (AvgIpc) is 2.25. The number of carboxylic acids is 1. The van der Waals surface area contributed by atoms with Crippen LogP contribution < -0.4 is 4.74 Å². The molecule has 10 heteroatoms. The van der Waals surface area contributed by atoms with Crippen molar-refractivity contribution in [2.45, 2.75) is 18.7 Å². The molecule has 0 radical (unpaired) electrons. The first kappa shape index (κ1) is 15.4. The van der Waals surface area contributed by atoms with Crippen molar-refractivity contribution in [3.05, 3.63) is 23.0 Å². The molecule has 0 aliphatic heterocycles. The Labute approximate surface area is 107 Å². The van der Waals surface area contributed by atoms with Gasteiger partial charge < -0.3 is 9.84 Å². The van der Waals surface area contributed by atoms with Crippen molar-refractivity contribution >= 4 is 17.6 Å². The first-order chi connectivity index (χ1) is 8.65. The van der Waals surface area contributed by atoms with E-state index in [-0.39, 0.29) is 6.07 Å². The number of carboxylic acid groups (broad SMARTS) is 1. The number of nitrogens with zero attached hydrogens (tertiary/aromatic N) is 1. The summed E-state index contributed by atoms with van der Waals surface area (Å²) in [5, 5.41) is 8.66. The van der Waals surface area contributed by atoms with Crippen LogP contribution in [0, 0.1) is 0 Å². The van der Waals surface area contributed by atoms with Gasteiger partial charge in [0.2, 0.25) is 0 Å². The average molecular weight is 306 g/mol. The Balaban J connectivity index is 3.39. The summed E-state index contributed by atoms with van der Waals surface area (Å²) in [6, 6.07) is 0.270. The molecule has 0 bridgehead atoms. The predicted molar refractivity (Wildman–Crippen MR) is 52.4 cm³/mol. The number of ether oxygens (including phenoxy) is 1. The Hall–Kier alpha value is -1.64. The highest BCUT2D eigenvalue weighted by molar-refractivity contribution is 6.17. The summed E-state index contributed by atoms with van der Waals surface area (Å²) in [7, 11) is 0. The first-order valence-corrected chi connectivity index (χ1v) is 5.06. The van der Waals surface area contributed by atoms with E-state index in [9.17, 15) is 26.7 Å². The van der Waals surface area contributed by atoms with Crippen molar-refractivity contribution in [3.8, 4) is 5.75 Å². The highest BCUT2D eigenvalue weighted by Crippen LogP contribution is 2.32. The molecule has 1 N–H and O–H groups in total. The molecule has 4 nitrogen and oxygen atoms in total. The Kier molecular flexibility index (Phi) is 4.51. The lowest BCUT2D eigenvalue weighted by Gasteiger charge is -2.14. The van der Waals surface area contributed by atoms with Gasteiger partial charge in [-0.25, -0.2) is 18.6 Å². The topological polar surface area (TPSA) is 59.4 Å². The fourth-order valence-electron chi connectivity index (χ4n) is 1.19. The molecular formula is C9H5ClF5NO3. The van der Waals surface area contributed by atoms with Gasteiger partial charge in [-0.15, -0.1) is 24.8 Å². The summed E-state index contributed by atoms with van der Waals surface area (Å²) >= 11 is 5.28. The second-order valence-corrected chi connectivity index (χ2v) is 3.43. The third kappa shape index (κ3) is 3.91. The zero-order valence-corrected chi connectivity index (χ0v) is 9.60. The fraction of sp³-hybridized carbons (Fsp3) is 0.333. The van der Waals surface area contributed by atoms with E-state index >= 15 is 0 Å². The van der Waals surface area contributed by atoms with Gasteiger partial charge >= 0.3 is 12.3 Å². The molecular weight excluding hydrogens is 301 g/mol. The summed E-state index contributed by atoms with van der Waals surface area (Å²) < 4.78 is 64.8. The van der Waals surface area contributed by atoms with Gasteiger partial charge in [-0.3, -0.25) is 0 Å². The van der Waals surface area contributed by atoms with E-state index in [1.54, 1.807) is 0 Å². The van der Waals surface area contributed by atoms with Gasteiger partial charge in [-0.2, -0.15) is 0 Å². The summed E-state index contributed by atoms with van der Waals surface area (Å²) in [5.41, 5.74) is -2.85. The molecule has 0 saturated carbocycles. The number of pyridine rings is 1. The number of carbonyl (C=O) groups is 1. The monoisotopic (exact) mass is 305 g/mol. The molecule has 19 heavy (non-hydrogen) atoms. The van der Waals surface area contributed by atoms with E-state index in [1.807, 2.05) is 0 Å². The molecule has 0 atom stereocenters. The van der Waals surface area contributed by atoms with Crippen molar-refractivity contribution in [1.82, 2.24) is 4.98 Å².